The standard InChI is InChI=1S/C21H22F3NO4/c1-3-28-19-9-16-8-13(2)29-18(16)10-17(19)25-20(26)15-6-4-14(5-7-15)11-27-12-21(22,23)24/h4-7,9-10,13H,3,8,11-12H2,1-2H3,(H,25,26). The van der Waals surface area contributed by atoms with Crippen molar-refractivity contribution in [2.75, 3.05) is 18.5 Å². The van der Waals surface area contributed by atoms with Crippen molar-refractivity contribution in [1.29, 1.82) is 0 Å². The van der Waals surface area contributed by atoms with Crippen molar-refractivity contribution >= 4 is 11.6 Å². The molecule has 0 aromatic heterocycles. The SMILES string of the molecule is CCOc1cc2c(cc1NC(=O)c1ccc(COCC(F)(F)F)cc1)OC(C)C2. The number of fused-ring (bicyclic) bond motifs is 1. The number of ether oxygens (including phenoxy) is 3. The van der Waals surface area contributed by atoms with E-state index in [1.54, 1.807) is 18.2 Å². The molecule has 0 bridgehead atoms. The Morgan fingerprint density at radius 2 is 1.97 bits per heavy atom. The smallest absolute Gasteiger partial charge is 0.411 e. The van der Waals surface area contributed by atoms with Gasteiger partial charge in [0.1, 0.15) is 24.2 Å². The van der Waals surface area contributed by atoms with E-state index in [2.05, 4.69) is 10.1 Å². The normalized spacial score (nSPS) is 15.6. The summed E-state index contributed by atoms with van der Waals surface area (Å²) in [6, 6.07) is 9.81. The van der Waals surface area contributed by atoms with Crippen LogP contribution in [0.4, 0.5) is 18.9 Å². The number of benzene rings is 2. The maximum absolute atomic E-state index is 12.6. The van der Waals surface area contributed by atoms with E-state index in [9.17, 15) is 18.0 Å². The van der Waals surface area contributed by atoms with Crippen LogP contribution in [0.15, 0.2) is 36.4 Å². The summed E-state index contributed by atoms with van der Waals surface area (Å²) in [6.07, 6.45) is -3.52. The lowest BCUT2D eigenvalue weighted by Crippen LogP contribution is -2.16. The van der Waals surface area contributed by atoms with Crippen molar-refractivity contribution in [1.82, 2.24) is 0 Å². The number of carbonyl (C=O) groups excluding carboxylic acids is 1. The molecule has 1 aliphatic rings. The van der Waals surface area contributed by atoms with Crippen molar-refractivity contribution in [3.8, 4) is 11.5 Å². The number of nitrogens with one attached hydrogen (secondary N) is 1. The third-order valence-electron chi connectivity index (χ3n) is 4.30. The summed E-state index contributed by atoms with van der Waals surface area (Å²) in [7, 11) is 0. The number of amides is 1. The van der Waals surface area contributed by atoms with Gasteiger partial charge in [-0.15, -0.1) is 0 Å². The van der Waals surface area contributed by atoms with Gasteiger partial charge in [-0.2, -0.15) is 13.2 Å². The van der Waals surface area contributed by atoms with E-state index in [1.165, 1.54) is 12.1 Å². The van der Waals surface area contributed by atoms with Crippen LogP contribution in [0.1, 0.15) is 35.3 Å². The van der Waals surface area contributed by atoms with Gasteiger partial charge >= 0.3 is 6.18 Å². The molecule has 8 heteroatoms. The number of hydrogen-bond donors (Lipinski definition) is 1. The van der Waals surface area contributed by atoms with E-state index in [4.69, 9.17) is 9.47 Å². The molecule has 0 saturated carbocycles. The van der Waals surface area contributed by atoms with Gasteiger partial charge in [0.15, 0.2) is 0 Å². The summed E-state index contributed by atoms with van der Waals surface area (Å²) >= 11 is 0. The Morgan fingerprint density at radius 1 is 1.24 bits per heavy atom. The lowest BCUT2D eigenvalue weighted by Gasteiger charge is -2.14. The first kappa shape index (κ1) is 21.0. The van der Waals surface area contributed by atoms with E-state index in [1.807, 2.05) is 19.9 Å². The highest BCUT2D eigenvalue weighted by Crippen LogP contribution is 2.38. The highest BCUT2D eigenvalue weighted by Gasteiger charge is 2.27. The zero-order valence-electron chi connectivity index (χ0n) is 16.1. The van der Waals surface area contributed by atoms with E-state index < -0.39 is 12.8 Å². The molecule has 156 valence electrons. The van der Waals surface area contributed by atoms with Crippen LogP contribution in [0.3, 0.4) is 0 Å². The van der Waals surface area contributed by atoms with Gasteiger partial charge in [-0.1, -0.05) is 12.1 Å². The Hall–Kier alpha value is -2.74. The van der Waals surface area contributed by atoms with Crippen molar-refractivity contribution in [3.05, 3.63) is 53.1 Å². The van der Waals surface area contributed by atoms with Crippen LogP contribution in [0.25, 0.3) is 0 Å². The van der Waals surface area contributed by atoms with Crippen molar-refractivity contribution in [3.63, 3.8) is 0 Å². The van der Waals surface area contributed by atoms with Crippen LogP contribution in [-0.2, 0) is 17.8 Å². The average Bonchev–Trinajstić information content (AvgIpc) is 3.00. The maximum Gasteiger partial charge on any atom is 0.411 e. The third-order valence-corrected chi connectivity index (χ3v) is 4.30. The second-order valence-electron chi connectivity index (χ2n) is 6.78. The quantitative estimate of drug-likeness (QED) is 0.718. The van der Waals surface area contributed by atoms with Gasteiger partial charge in [-0.05, 0) is 37.6 Å². The molecule has 0 spiro atoms. The van der Waals surface area contributed by atoms with E-state index >= 15 is 0 Å². The lowest BCUT2D eigenvalue weighted by atomic mass is 10.1. The largest absolute Gasteiger partial charge is 0.492 e. The minimum atomic E-state index is -4.37. The second-order valence-corrected chi connectivity index (χ2v) is 6.78. The Bertz CT molecular complexity index is 865. The van der Waals surface area contributed by atoms with Crippen LogP contribution in [0, 0.1) is 0 Å². The summed E-state index contributed by atoms with van der Waals surface area (Å²) in [5.41, 5.74) is 2.44. The van der Waals surface area contributed by atoms with Crippen molar-refractivity contribution in [2.24, 2.45) is 0 Å². The Morgan fingerprint density at radius 3 is 2.62 bits per heavy atom. The van der Waals surface area contributed by atoms with Crippen LogP contribution in [0.5, 0.6) is 11.5 Å². The summed E-state index contributed by atoms with van der Waals surface area (Å²) in [5, 5.41) is 2.81. The fourth-order valence-electron chi connectivity index (χ4n) is 3.04. The monoisotopic (exact) mass is 409 g/mol. The molecule has 2 aromatic carbocycles. The Balaban J connectivity index is 1.68. The van der Waals surface area contributed by atoms with Crippen LogP contribution < -0.4 is 14.8 Å². The highest BCUT2D eigenvalue weighted by molar-refractivity contribution is 6.05. The van der Waals surface area contributed by atoms with Crippen LogP contribution >= 0.6 is 0 Å². The molecule has 1 atom stereocenters. The molecule has 29 heavy (non-hydrogen) atoms. The van der Waals surface area contributed by atoms with E-state index in [0.29, 0.717) is 34.9 Å². The average molecular weight is 409 g/mol. The molecule has 0 fully saturated rings. The summed E-state index contributed by atoms with van der Waals surface area (Å²) in [5.74, 6) is 0.919. The van der Waals surface area contributed by atoms with Crippen LogP contribution in [0.2, 0.25) is 0 Å². The summed E-state index contributed by atoms with van der Waals surface area (Å²) < 4.78 is 52.4. The summed E-state index contributed by atoms with van der Waals surface area (Å²) in [6.45, 7) is 2.78. The number of halogens is 3. The van der Waals surface area contributed by atoms with Gasteiger partial charge in [0.2, 0.25) is 0 Å². The van der Waals surface area contributed by atoms with Gasteiger partial charge < -0.3 is 19.5 Å². The molecule has 3 rings (SSSR count). The van der Waals surface area contributed by atoms with E-state index in [0.717, 1.165) is 12.0 Å². The molecule has 0 radical (unpaired) electrons. The van der Waals surface area contributed by atoms with Crippen LogP contribution in [-0.4, -0.2) is 31.4 Å². The molecule has 2 aromatic rings. The predicted octanol–water partition coefficient (Wildman–Crippen LogP) is 4.74. The lowest BCUT2D eigenvalue weighted by molar-refractivity contribution is -0.176. The van der Waals surface area contributed by atoms with Gasteiger partial charge in [0.05, 0.1) is 18.9 Å². The number of rotatable bonds is 7. The number of anilines is 1. The topological polar surface area (TPSA) is 56.8 Å². The Kier molecular flexibility index (Phi) is 6.32. The molecule has 0 saturated heterocycles. The molecule has 1 amide bonds. The fourth-order valence-corrected chi connectivity index (χ4v) is 3.04. The first-order valence-corrected chi connectivity index (χ1v) is 9.26. The maximum atomic E-state index is 12.6. The minimum absolute atomic E-state index is 0.0672. The zero-order chi connectivity index (χ0) is 21.0. The molecule has 1 N–H and O–H groups in total. The number of alkyl halides is 3. The van der Waals surface area contributed by atoms with Gasteiger partial charge in [0.25, 0.3) is 5.91 Å². The van der Waals surface area contributed by atoms with Crippen molar-refractivity contribution < 1.29 is 32.2 Å². The fraction of sp³-hybridized carbons (Fsp3) is 0.381. The molecule has 5 nitrogen and oxygen atoms in total. The van der Waals surface area contributed by atoms with Gasteiger partial charge in [-0.3, -0.25) is 4.79 Å². The number of hydrogen-bond acceptors (Lipinski definition) is 4. The molecule has 1 aliphatic heterocycles. The first-order chi connectivity index (χ1) is 13.7. The molecular weight excluding hydrogens is 387 g/mol. The van der Waals surface area contributed by atoms with Gasteiger partial charge in [0, 0.05) is 23.6 Å². The Labute approximate surface area is 166 Å². The minimum Gasteiger partial charge on any atom is -0.492 e. The summed E-state index contributed by atoms with van der Waals surface area (Å²) in [4.78, 5) is 12.6. The zero-order valence-corrected chi connectivity index (χ0v) is 16.1. The third kappa shape index (κ3) is 5.63. The highest BCUT2D eigenvalue weighted by atomic mass is 19.4. The second kappa shape index (κ2) is 8.73. The van der Waals surface area contributed by atoms with E-state index in [-0.39, 0.29) is 18.6 Å². The molecular formula is C21H22F3NO4. The van der Waals surface area contributed by atoms with Gasteiger partial charge in [-0.25, -0.2) is 0 Å². The predicted molar refractivity (Wildman–Crippen MR) is 102 cm³/mol. The molecule has 1 unspecified atom stereocenters. The molecule has 0 aliphatic carbocycles. The molecule has 1 heterocycles. The first-order valence-electron chi connectivity index (χ1n) is 9.26. The van der Waals surface area contributed by atoms with Crippen molar-refractivity contribution in [2.45, 2.75) is 39.2 Å². The number of carbonyl (C=O) groups is 1.